The molecule has 0 bridgehead atoms. The van der Waals surface area contributed by atoms with E-state index in [2.05, 4.69) is 0 Å². The Hall–Kier alpha value is 0.100. The number of rotatable bonds is 2. The van der Waals surface area contributed by atoms with Crippen LogP contribution in [0, 0.1) is 0 Å². The molecule has 0 aliphatic heterocycles. The van der Waals surface area contributed by atoms with E-state index >= 15 is 0 Å². The minimum atomic E-state index is -4.26. The Kier molecular flexibility index (Phi) is 2.15. The van der Waals surface area contributed by atoms with Gasteiger partial charge >= 0.3 is 6.18 Å². The monoisotopic (exact) mass is 172 g/mol. The molecule has 0 amide bonds. The Morgan fingerprint density at radius 2 is 1.90 bits per heavy atom. The van der Waals surface area contributed by atoms with Crippen LogP contribution in [0.1, 0.15) is 12.8 Å². The smallest absolute Gasteiger partial charge is 0.433 e. The van der Waals surface area contributed by atoms with Gasteiger partial charge in [0.05, 0.1) is 0 Å². The van der Waals surface area contributed by atoms with Crippen LogP contribution in [0.4, 0.5) is 13.2 Å². The first-order chi connectivity index (χ1) is 4.49. The maximum Gasteiger partial charge on any atom is 0.433 e. The molecule has 1 atom stereocenters. The molecule has 0 heterocycles. The van der Waals surface area contributed by atoms with Gasteiger partial charge in [-0.05, 0) is 24.0 Å². The van der Waals surface area contributed by atoms with Crippen LogP contribution in [-0.2, 0) is 11.2 Å². The fourth-order valence-corrected chi connectivity index (χ4v) is 1.83. The predicted molar refractivity (Wildman–Crippen MR) is 32.1 cm³/mol. The summed E-state index contributed by atoms with van der Waals surface area (Å²) >= 11 is -1.66. The van der Waals surface area contributed by atoms with Crippen molar-refractivity contribution in [2.24, 2.45) is 0 Å². The minimum absolute atomic E-state index is 0.165. The molecule has 60 valence electrons. The van der Waals surface area contributed by atoms with E-state index < -0.39 is 23.1 Å². The molecule has 0 aromatic heterocycles. The lowest BCUT2D eigenvalue weighted by atomic mass is 10.8. The largest absolute Gasteiger partial charge is 0.616 e. The van der Waals surface area contributed by atoms with Crippen molar-refractivity contribution in [3.63, 3.8) is 0 Å². The van der Waals surface area contributed by atoms with Crippen LogP contribution in [0.5, 0.6) is 0 Å². The summed E-state index contributed by atoms with van der Waals surface area (Å²) < 4.78 is 45.1. The second kappa shape index (κ2) is 2.62. The Morgan fingerprint density at radius 1 is 1.40 bits per heavy atom. The molecule has 0 spiro atoms. The zero-order valence-electron chi connectivity index (χ0n) is 5.15. The lowest BCUT2D eigenvalue weighted by Crippen LogP contribution is -2.25. The Balaban J connectivity index is 2.23. The first kappa shape index (κ1) is 8.20. The fraction of sp³-hybridized carbons (Fsp3) is 1.00. The van der Waals surface area contributed by atoms with Crippen LogP contribution in [0.3, 0.4) is 0 Å². The lowest BCUT2D eigenvalue weighted by Gasteiger charge is -2.11. The van der Waals surface area contributed by atoms with Crippen LogP contribution in [0.25, 0.3) is 0 Å². The Labute approximate surface area is 59.8 Å². The molecule has 5 heteroatoms. The van der Waals surface area contributed by atoms with Crippen LogP contribution >= 0.6 is 0 Å². The van der Waals surface area contributed by atoms with E-state index in [-0.39, 0.29) is 5.25 Å². The van der Waals surface area contributed by atoms with Crippen LogP contribution in [0.15, 0.2) is 0 Å². The van der Waals surface area contributed by atoms with Gasteiger partial charge in [0.25, 0.3) is 0 Å². The molecule has 10 heavy (non-hydrogen) atoms. The van der Waals surface area contributed by atoms with E-state index in [4.69, 9.17) is 0 Å². The van der Waals surface area contributed by atoms with Gasteiger partial charge in [-0.2, -0.15) is 13.2 Å². The molecule has 1 saturated carbocycles. The van der Waals surface area contributed by atoms with E-state index in [9.17, 15) is 17.7 Å². The van der Waals surface area contributed by atoms with E-state index in [0.29, 0.717) is 12.8 Å². The summed E-state index contributed by atoms with van der Waals surface area (Å²) in [7, 11) is 0. The highest BCUT2D eigenvalue weighted by molar-refractivity contribution is 7.92. The average molecular weight is 172 g/mol. The van der Waals surface area contributed by atoms with Gasteiger partial charge < -0.3 is 4.55 Å². The van der Waals surface area contributed by atoms with E-state index in [1.165, 1.54) is 0 Å². The van der Waals surface area contributed by atoms with Gasteiger partial charge in [-0.15, -0.1) is 0 Å². The molecule has 1 nitrogen and oxygen atoms in total. The third-order valence-electron chi connectivity index (χ3n) is 1.20. The highest BCUT2D eigenvalue weighted by Crippen LogP contribution is 2.32. The predicted octanol–water partition coefficient (Wildman–Crippen LogP) is 1.46. The standard InChI is InChI=1S/C5H7F3OS/c6-5(7,8)3-10(9)4-1-2-4/h4H,1-3H2. The maximum atomic E-state index is 11.5. The summed E-state index contributed by atoms with van der Waals surface area (Å²) in [4.78, 5) is 0. The summed E-state index contributed by atoms with van der Waals surface area (Å²) in [6.45, 7) is 0. The van der Waals surface area contributed by atoms with E-state index in [1.54, 1.807) is 0 Å². The van der Waals surface area contributed by atoms with Gasteiger partial charge in [0, 0.05) is 0 Å². The van der Waals surface area contributed by atoms with Gasteiger partial charge in [-0.1, -0.05) is 0 Å². The zero-order valence-corrected chi connectivity index (χ0v) is 5.97. The second-order valence-corrected chi connectivity index (χ2v) is 4.06. The third kappa shape index (κ3) is 2.79. The first-order valence-electron chi connectivity index (χ1n) is 2.93. The number of alkyl halides is 3. The molecule has 1 rings (SSSR count). The molecule has 0 aromatic rings. The molecule has 1 aliphatic rings. The van der Waals surface area contributed by atoms with Crippen molar-refractivity contribution in [3.05, 3.63) is 0 Å². The molecule has 0 radical (unpaired) electrons. The topological polar surface area (TPSA) is 23.1 Å². The van der Waals surface area contributed by atoms with Gasteiger partial charge in [-0.25, -0.2) is 0 Å². The maximum absolute atomic E-state index is 11.5. The van der Waals surface area contributed by atoms with Crippen LogP contribution in [-0.4, -0.2) is 21.7 Å². The molecular formula is C5H7F3OS. The van der Waals surface area contributed by atoms with Crippen molar-refractivity contribution in [1.82, 2.24) is 0 Å². The summed E-state index contributed by atoms with van der Waals surface area (Å²) in [6.07, 6.45) is -2.86. The average Bonchev–Trinajstić information content (AvgIpc) is 2.35. The Bertz CT molecular complexity index is 121. The molecule has 0 aromatic carbocycles. The van der Waals surface area contributed by atoms with Gasteiger partial charge in [0.15, 0.2) is 0 Å². The normalized spacial score (nSPS) is 22.8. The van der Waals surface area contributed by atoms with E-state index in [0.717, 1.165) is 0 Å². The van der Waals surface area contributed by atoms with Gasteiger partial charge in [0.2, 0.25) is 5.75 Å². The van der Waals surface area contributed by atoms with Crippen LogP contribution in [0.2, 0.25) is 0 Å². The Morgan fingerprint density at radius 3 is 2.20 bits per heavy atom. The molecule has 0 N–H and O–H groups in total. The number of halogens is 3. The summed E-state index contributed by atoms with van der Waals surface area (Å²) in [5.74, 6) is -1.13. The van der Waals surface area contributed by atoms with Crippen molar-refractivity contribution < 1.29 is 17.7 Å². The quantitative estimate of drug-likeness (QED) is 0.578. The van der Waals surface area contributed by atoms with Crippen molar-refractivity contribution in [3.8, 4) is 0 Å². The van der Waals surface area contributed by atoms with E-state index in [1.807, 2.05) is 0 Å². The third-order valence-corrected chi connectivity index (χ3v) is 3.03. The fourth-order valence-electron chi connectivity index (χ4n) is 0.610. The van der Waals surface area contributed by atoms with Crippen molar-refractivity contribution in [1.29, 1.82) is 0 Å². The van der Waals surface area contributed by atoms with Gasteiger partial charge in [-0.3, -0.25) is 0 Å². The van der Waals surface area contributed by atoms with Crippen molar-refractivity contribution >= 4 is 11.2 Å². The molecule has 0 saturated heterocycles. The van der Waals surface area contributed by atoms with Gasteiger partial charge in [0.1, 0.15) is 5.25 Å². The highest BCUT2D eigenvalue weighted by Gasteiger charge is 2.42. The first-order valence-corrected chi connectivity index (χ1v) is 4.31. The SMILES string of the molecule is [O-][S+](CC(F)(F)F)C1CC1. The molecule has 1 aliphatic carbocycles. The molecule has 1 fully saturated rings. The highest BCUT2D eigenvalue weighted by atomic mass is 32.2. The minimum Gasteiger partial charge on any atom is -0.616 e. The summed E-state index contributed by atoms with van der Waals surface area (Å²) in [5, 5.41) is -0.165. The lowest BCUT2D eigenvalue weighted by molar-refractivity contribution is -0.106. The second-order valence-electron chi connectivity index (χ2n) is 2.34. The summed E-state index contributed by atoms with van der Waals surface area (Å²) in [6, 6.07) is 0. The van der Waals surface area contributed by atoms with Crippen molar-refractivity contribution in [2.45, 2.75) is 24.3 Å². The number of hydrogen-bond donors (Lipinski definition) is 0. The molecule has 1 unspecified atom stereocenters. The van der Waals surface area contributed by atoms with Crippen LogP contribution < -0.4 is 0 Å². The zero-order chi connectivity index (χ0) is 7.78. The summed E-state index contributed by atoms with van der Waals surface area (Å²) in [5.41, 5.74) is 0. The number of hydrogen-bond acceptors (Lipinski definition) is 1. The van der Waals surface area contributed by atoms with Crippen molar-refractivity contribution in [2.75, 3.05) is 5.75 Å². The molecular weight excluding hydrogens is 165 g/mol.